The first-order valence-electron chi connectivity index (χ1n) is 6.39. The van der Waals surface area contributed by atoms with Gasteiger partial charge in [-0.15, -0.1) is 11.8 Å². The molecule has 0 radical (unpaired) electrons. The second kappa shape index (κ2) is 7.46. The monoisotopic (exact) mass is 318 g/mol. The van der Waals surface area contributed by atoms with Crippen LogP contribution in [0.15, 0.2) is 53.4 Å². The van der Waals surface area contributed by atoms with Crippen molar-refractivity contribution in [3.05, 3.63) is 58.6 Å². The number of non-ortho nitro benzene ring substituents is 1. The summed E-state index contributed by atoms with van der Waals surface area (Å²) in [5, 5.41) is 13.4. The summed E-state index contributed by atoms with van der Waals surface area (Å²) in [5.41, 5.74) is 0.602. The standard InChI is InChI=1S/C15H14N2O4S/c1-22-14-7-2-4-11(8-14)16-15(18)10-21-13-6-3-5-12(9-13)17(19)20/h2-9H,10H2,1H3,(H,16,18). The summed E-state index contributed by atoms with van der Waals surface area (Å²) in [4.78, 5) is 23.0. The first-order valence-corrected chi connectivity index (χ1v) is 7.62. The second-order valence-electron chi connectivity index (χ2n) is 4.32. The zero-order valence-corrected chi connectivity index (χ0v) is 12.6. The van der Waals surface area contributed by atoms with E-state index in [9.17, 15) is 14.9 Å². The molecule has 0 atom stereocenters. The van der Waals surface area contributed by atoms with Crippen molar-refractivity contribution < 1.29 is 14.5 Å². The number of thioether (sulfide) groups is 1. The molecule has 0 saturated heterocycles. The highest BCUT2D eigenvalue weighted by molar-refractivity contribution is 7.98. The molecule has 0 spiro atoms. The maximum absolute atomic E-state index is 11.8. The maximum atomic E-state index is 11.8. The molecule has 0 saturated carbocycles. The quantitative estimate of drug-likeness (QED) is 0.502. The highest BCUT2D eigenvalue weighted by atomic mass is 32.2. The Hall–Kier alpha value is -2.54. The Labute approximate surface area is 131 Å². The van der Waals surface area contributed by atoms with Crippen molar-refractivity contribution in [3.8, 4) is 5.75 Å². The third kappa shape index (κ3) is 4.49. The number of nitro benzene ring substituents is 1. The maximum Gasteiger partial charge on any atom is 0.273 e. The van der Waals surface area contributed by atoms with E-state index in [1.54, 1.807) is 23.9 Å². The van der Waals surface area contributed by atoms with Gasteiger partial charge < -0.3 is 10.1 Å². The number of nitrogens with one attached hydrogen (secondary N) is 1. The van der Waals surface area contributed by atoms with Gasteiger partial charge >= 0.3 is 0 Å². The minimum absolute atomic E-state index is 0.0782. The number of benzene rings is 2. The first-order chi connectivity index (χ1) is 10.6. The Morgan fingerprint density at radius 3 is 2.77 bits per heavy atom. The molecule has 22 heavy (non-hydrogen) atoms. The SMILES string of the molecule is CSc1cccc(NC(=O)COc2cccc([N+](=O)[O-])c2)c1. The fourth-order valence-corrected chi connectivity index (χ4v) is 2.19. The van der Waals surface area contributed by atoms with Gasteiger partial charge in [0.2, 0.25) is 0 Å². The van der Waals surface area contributed by atoms with Crippen LogP contribution in [0.5, 0.6) is 5.75 Å². The number of anilines is 1. The molecule has 0 unspecified atom stereocenters. The minimum Gasteiger partial charge on any atom is -0.484 e. The van der Waals surface area contributed by atoms with E-state index >= 15 is 0 Å². The normalized spacial score (nSPS) is 10.0. The van der Waals surface area contributed by atoms with Crippen LogP contribution < -0.4 is 10.1 Å². The van der Waals surface area contributed by atoms with Crippen molar-refractivity contribution in [1.29, 1.82) is 0 Å². The average Bonchev–Trinajstić information content (AvgIpc) is 2.53. The zero-order valence-electron chi connectivity index (χ0n) is 11.8. The molecule has 2 rings (SSSR count). The van der Waals surface area contributed by atoms with Gasteiger partial charge in [0.15, 0.2) is 6.61 Å². The minimum atomic E-state index is -0.513. The Morgan fingerprint density at radius 2 is 2.05 bits per heavy atom. The number of carbonyl (C=O) groups is 1. The van der Waals surface area contributed by atoms with Crippen LogP contribution in [0.4, 0.5) is 11.4 Å². The number of nitrogens with zero attached hydrogens (tertiary/aromatic N) is 1. The largest absolute Gasteiger partial charge is 0.484 e. The summed E-state index contributed by atoms with van der Waals surface area (Å²) in [6, 6.07) is 13.1. The number of hydrogen-bond donors (Lipinski definition) is 1. The Morgan fingerprint density at radius 1 is 1.27 bits per heavy atom. The van der Waals surface area contributed by atoms with Gasteiger partial charge in [-0.05, 0) is 30.5 Å². The van der Waals surface area contributed by atoms with E-state index in [0.717, 1.165) is 4.90 Å². The van der Waals surface area contributed by atoms with E-state index in [1.807, 2.05) is 24.5 Å². The smallest absolute Gasteiger partial charge is 0.273 e. The number of amides is 1. The third-order valence-corrected chi connectivity index (χ3v) is 3.48. The summed E-state index contributed by atoms with van der Waals surface area (Å²) < 4.78 is 5.27. The molecule has 6 nitrogen and oxygen atoms in total. The number of nitro groups is 1. The van der Waals surface area contributed by atoms with E-state index in [2.05, 4.69) is 5.32 Å². The van der Waals surface area contributed by atoms with E-state index in [1.165, 1.54) is 18.2 Å². The van der Waals surface area contributed by atoms with Gasteiger partial charge in [-0.2, -0.15) is 0 Å². The van der Waals surface area contributed by atoms with Crippen molar-refractivity contribution >= 4 is 29.0 Å². The predicted octanol–water partition coefficient (Wildman–Crippen LogP) is 3.33. The molecule has 0 heterocycles. The molecular weight excluding hydrogens is 304 g/mol. The fraction of sp³-hybridized carbons (Fsp3) is 0.133. The van der Waals surface area contributed by atoms with E-state index < -0.39 is 4.92 Å². The lowest BCUT2D eigenvalue weighted by atomic mass is 10.3. The molecule has 7 heteroatoms. The number of ether oxygens (including phenoxy) is 1. The Kier molecular flexibility index (Phi) is 5.37. The summed E-state index contributed by atoms with van der Waals surface area (Å²) >= 11 is 1.58. The molecule has 2 aromatic rings. The number of carbonyl (C=O) groups excluding carboxylic acids is 1. The van der Waals surface area contributed by atoms with E-state index in [-0.39, 0.29) is 24.0 Å². The summed E-state index contributed by atoms with van der Waals surface area (Å²) in [7, 11) is 0. The average molecular weight is 318 g/mol. The van der Waals surface area contributed by atoms with Crippen LogP contribution >= 0.6 is 11.8 Å². The molecule has 114 valence electrons. The summed E-state index contributed by atoms with van der Waals surface area (Å²) in [5.74, 6) is -0.0491. The van der Waals surface area contributed by atoms with Gasteiger partial charge in [0.25, 0.3) is 11.6 Å². The lowest BCUT2D eigenvalue weighted by Crippen LogP contribution is -2.20. The molecule has 1 amide bonds. The van der Waals surface area contributed by atoms with Crippen LogP contribution in [-0.4, -0.2) is 23.7 Å². The molecule has 0 bridgehead atoms. The van der Waals surface area contributed by atoms with Crippen molar-refractivity contribution in [2.45, 2.75) is 4.90 Å². The molecular formula is C15H14N2O4S. The van der Waals surface area contributed by atoms with Crippen molar-refractivity contribution in [3.63, 3.8) is 0 Å². The van der Waals surface area contributed by atoms with Crippen LogP contribution in [0.25, 0.3) is 0 Å². The first kappa shape index (κ1) is 15.8. The predicted molar refractivity (Wildman–Crippen MR) is 85.4 cm³/mol. The second-order valence-corrected chi connectivity index (χ2v) is 5.20. The number of rotatable bonds is 6. The van der Waals surface area contributed by atoms with Crippen molar-refractivity contribution in [2.75, 3.05) is 18.2 Å². The van der Waals surface area contributed by atoms with Crippen LogP contribution in [0, 0.1) is 10.1 Å². The van der Waals surface area contributed by atoms with Gasteiger partial charge in [0.1, 0.15) is 5.75 Å². The molecule has 0 fully saturated rings. The molecule has 1 N–H and O–H groups in total. The fourth-order valence-electron chi connectivity index (χ4n) is 1.73. The van der Waals surface area contributed by atoms with Crippen molar-refractivity contribution in [2.24, 2.45) is 0 Å². The van der Waals surface area contributed by atoms with Gasteiger partial charge in [0, 0.05) is 16.6 Å². The lowest BCUT2D eigenvalue weighted by molar-refractivity contribution is -0.384. The van der Waals surface area contributed by atoms with E-state index in [0.29, 0.717) is 5.69 Å². The molecule has 0 aliphatic rings. The van der Waals surface area contributed by atoms with Crippen LogP contribution in [0.3, 0.4) is 0 Å². The van der Waals surface area contributed by atoms with Crippen LogP contribution in [-0.2, 0) is 4.79 Å². The van der Waals surface area contributed by atoms with Gasteiger partial charge in [-0.3, -0.25) is 14.9 Å². The van der Waals surface area contributed by atoms with Crippen LogP contribution in [0.2, 0.25) is 0 Å². The topological polar surface area (TPSA) is 81.5 Å². The molecule has 0 aliphatic carbocycles. The summed E-state index contributed by atoms with van der Waals surface area (Å²) in [6.07, 6.45) is 1.95. The van der Waals surface area contributed by atoms with Crippen LogP contribution in [0.1, 0.15) is 0 Å². The van der Waals surface area contributed by atoms with E-state index in [4.69, 9.17) is 4.74 Å². The summed E-state index contributed by atoms with van der Waals surface area (Å²) in [6.45, 7) is -0.218. The Balaban J connectivity index is 1.92. The molecule has 2 aromatic carbocycles. The molecule has 0 aromatic heterocycles. The number of hydrogen-bond acceptors (Lipinski definition) is 5. The van der Waals surface area contributed by atoms with Crippen molar-refractivity contribution in [1.82, 2.24) is 0 Å². The third-order valence-electron chi connectivity index (χ3n) is 2.75. The highest BCUT2D eigenvalue weighted by Crippen LogP contribution is 2.20. The highest BCUT2D eigenvalue weighted by Gasteiger charge is 2.08. The zero-order chi connectivity index (χ0) is 15.9. The van der Waals surface area contributed by atoms with Gasteiger partial charge in [0.05, 0.1) is 11.0 Å². The Bertz CT molecular complexity index is 691. The molecule has 0 aliphatic heterocycles. The lowest BCUT2D eigenvalue weighted by Gasteiger charge is -2.08. The van der Waals surface area contributed by atoms with Gasteiger partial charge in [-0.25, -0.2) is 0 Å². The van der Waals surface area contributed by atoms with Gasteiger partial charge in [-0.1, -0.05) is 12.1 Å².